The molecular formula is C8H20N2O3. The fourth-order valence-corrected chi connectivity index (χ4v) is 1.07. The molecule has 80 valence electrons. The highest BCUT2D eigenvalue weighted by atomic mass is 16.6. The van der Waals surface area contributed by atoms with Crippen molar-refractivity contribution in [3.05, 3.63) is 0 Å². The molecule has 0 aromatic heterocycles. The van der Waals surface area contributed by atoms with Crippen LogP contribution >= 0.6 is 0 Å². The van der Waals surface area contributed by atoms with Gasteiger partial charge in [-0.2, -0.15) is 5.48 Å². The van der Waals surface area contributed by atoms with Gasteiger partial charge in [0.15, 0.2) is 6.29 Å². The maximum absolute atomic E-state index is 9.30. The van der Waals surface area contributed by atoms with Gasteiger partial charge in [0.25, 0.3) is 0 Å². The minimum absolute atomic E-state index is 0.0556. The highest BCUT2D eigenvalue weighted by Crippen LogP contribution is 2.00. The topological polar surface area (TPSA) is 73.8 Å². The Bertz CT molecular complexity index is 124. The van der Waals surface area contributed by atoms with Crippen LogP contribution in [0.1, 0.15) is 20.3 Å². The zero-order valence-electron chi connectivity index (χ0n) is 8.45. The fraction of sp³-hybridized carbons (Fsp3) is 1.00. The standard InChI is InChI=1S/C8H20N2O3/c1-4-5-9-6(2)7(10-12)8(11)13-3/h6-12H,4-5H2,1-3H3. The van der Waals surface area contributed by atoms with Gasteiger partial charge in [-0.1, -0.05) is 6.92 Å². The molecule has 3 unspecified atom stereocenters. The summed E-state index contributed by atoms with van der Waals surface area (Å²) in [7, 11) is 1.39. The van der Waals surface area contributed by atoms with E-state index in [9.17, 15) is 5.11 Å². The first-order valence-corrected chi connectivity index (χ1v) is 4.51. The third-order valence-electron chi connectivity index (χ3n) is 1.95. The molecule has 0 spiro atoms. The number of rotatable bonds is 7. The van der Waals surface area contributed by atoms with Gasteiger partial charge in [-0.05, 0) is 19.9 Å². The Hall–Kier alpha value is -0.200. The summed E-state index contributed by atoms with van der Waals surface area (Å²) in [6.45, 7) is 4.76. The Morgan fingerprint density at radius 2 is 2.08 bits per heavy atom. The van der Waals surface area contributed by atoms with Crippen molar-refractivity contribution in [3.8, 4) is 0 Å². The molecule has 5 nitrogen and oxygen atoms in total. The highest BCUT2D eigenvalue weighted by Gasteiger charge is 2.23. The van der Waals surface area contributed by atoms with E-state index in [4.69, 9.17) is 9.94 Å². The molecular weight excluding hydrogens is 172 g/mol. The van der Waals surface area contributed by atoms with Gasteiger partial charge in [-0.3, -0.25) is 0 Å². The molecule has 0 fully saturated rings. The van der Waals surface area contributed by atoms with Gasteiger partial charge in [0.1, 0.15) is 0 Å². The molecule has 0 aliphatic rings. The summed E-state index contributed by atoms with van der Waals surface area (Å²) >= 11 is 0. The molecule has 0 aromatic carbocycles. The Morgan fingerprint density at radius 1 is 1.46 bits per heavy atom. The molecule has 0 saturated carbocycles. The lowest BCUT2D eigenvalue weighted by Crippen LogP contribution is -2.52. The molecule has 0 aliphatic carbocycles. The largest absolute Gasteiger partial charge is 0.366 e. The van der Waals surface area contributed by atoms with Gasteiger partial charge in [0, 0.05) is 13.2 Å². The normalized spacial score (nSPS) is 18.2. The number of nitrogens with one attached hydrogen (secondary N) is 2. The van der Waals surface area contributed by atoms with Crippen molar-refractivity contribution in [1.82, 2.24) is 10.8 Å². The van der Waals surface area contributed by atoms with Gasteiger partial charge in [-0.15, -0.1) is 0 Å². The Morgan fingerprint density at radius 3 is 2.46 bits per heavy atom. The molecule has 0 radical (unpaired) electrons. The molecule has 0 aromatic rings. The predicted molar refractivity (Wildman–Crippen MR) is 49.5 cm³/mol. The lowest BCUT2D eigenvalue weighted by Gasteiger charge is -2.26. The molecule has 13 heavy (non-hydrogen) atoms. The number of aliphatic hydroxyl groups is 1. The number of methoxy groups -OCH3 is 1. The first-order chi connectivity index (χ1) is 6.17. The number of hydroxylamine groups is 1. The van der Waals surface area contributed by atoms with Gasteiger partial charge in [-0.25, -0.2) is 0 Å². The molecule has 3 atom stereocenters. The fourth-order valence-electron chi connectivity index (χ4n) is 1.07. The third kappa shape index (κ3) is 4.54. The Balaban J connectivity index is 3.90. The van der Waals surface area contributed by atoms with E-state index in [1.54, 1.807) is 0 Å². The van der Waals surface area contributed by atoms with Crippen LogP contribution in [0.2, 0.25) is 0 Å². The summed E-state index contributed by atoms with van der Waals surface area (Å²) in [5, 5.41) is 21.2. The van der Waals surface area contributed by atoms with Crippen molar-refractivity contribution in [2.24, 2.45) is 0 Å². The number of hydrogen-bond acceptors (Lipinski definition) is 5. The zero-order valence-corrected chi connectivity index (χ0v) is 8.45. The lowest BCUT2D eigenvalue weighted by molar-refractivity contribution is -0.125. The van der Waals surface area contributed by atoms with E-state index >= 15 is 0 Å². The SMILES string of the molecule is CCCNC(C)C(NO)C(O)OC. The van der Waals surface area contributed by atoms with Crippen molar-refractivity contribution in [1.29, 1.82) is 0 Å². The zero-order chi connectivity index (χ0) is 10.3. The van der Waals surface area contributed by atoms with Crippen LogP contribution < -0.4 is 10.8 Å². The van der Waals surface area contributed by atoms with E-state index in [1.807, 2.05) is 19.3 Å². The van der Waals surface area contributed by atoms with Crippen LogP contribution in [0, 0.1) is 0 Å². The van der Waals surface area contributed by atoms with Crippen molar-refractivity contribution in [2.45, 2.75) is 38.6 Å². The molecule has 5 heteroatoms. The number of aliphatic hydroxyl groups excluding tert-OH is 1. The first-order valence-electron chi connectivity index (χ1n) is 4.51. The molecule has 0 bridgehead atoms. The minimum atomic E-state index is -1.01. The summed E-state index contributed by atoms with van der Waals surface area (Å²) in [5.74, 6) is 0. The second-order valence-corrected chi connectivity index (χ2v) is 3.02. The van der Waals surface area contributed by atoms with Gasteiger partial charge in [0.05, 0.1) is 6.04 Å². The van der Waals surface area contributed by atoms with Crippen molar-refractivity contribution >= 4 is 0 Å². The molecule has 4 N–H and O–H groups in total. The minimum Gasteiger partial charge on any atom is -0.366 e. The third-order valence-corrected chi connectivity index (χ3v) is 1.95. The van der Waals surface area contributed by atoms with Gasteiger partial charge >= 0.3 is 0 Å². The molecule has 0 amide bonds. The van der Waals surface area contributed by atoms with Crippen molar-refractivity contribution in [3.63, 3.8) is 0 Å². The summed E-state index contributed by atoms with van der Waals surface area (Å²) in [4.78, 5) is 0. The first kappa shape index (κ1) is 12.8. The van der Waals surface area contributed by atoms with Crippen LogP contribution in [0.5, 0.6) is 0 Å². The van der Waals surface area contributed by atoms with Crippen LogP contribution in [0.3, 0.4) is 0 Å². The van der Waals surface area contributed by atoms with E-state index in [2.05, 4.69) is 5.32 Å². The summed E-state index contributed by atoms with van der Waals surface area (Å²) in [6, 6.07) is -0.573. The maximum Gasteiger partial charge on any atom is 0.173 e. The second kappa shape index (κ2) is 7.23. The highest BCUT2D eigenvalue weighted by molar-refractivity contribution is 4.77. The number of hydrogen-bond donors (Lipinski definition) is 4. The molecule has 0 aliphatic heterocycles. The van der Waals surface area contributed by atoms with Crippen molar-refractivity contribution < 1.29 is 15.1 Å². The van der Waals surface area contributed by atoms with E-state index in [0.29, 0.717) is 0 Å². The van der Waals surface area contributed by atoms with Gasteiger partial charge in [0.2, 0.25) is 0 Å². The lowest BCUT2D eigenvalue weighted by atomic mass is 10.1. The van der Waals surface area contributed by atoms with E-state index in [0.717, 1.165) is 13.0 Å². The van der Waals surface area contributed by atoms with Crippen LogP contribution in [-0.2, 0) is 4.74 Å². The summed E-state index contributed by atoms with van der Waals surface area (Å²) in [5.41, 5.74) is 2.02. The van der Waals surface area contributed by atoms with E-state index in [-0.39, 0.29) is 6.04 Å². The second-order valence-electron chi connectivity index (χ2n) is 3.02. The summed E-state index contributed by atoms with van der Waals surface area (Å²) < 4.78 is 4.70. The van der Waals surface area contributed by atoms with Crippen LogP contribution in [0.4, 0.5) is 0 Å². The van der Waals surface area contributed by atoms with E-state index < -0.39 is 12.3 Å². The molecule has 0 rings (SSSR count). The average Bonchev–Trinajstić information content (AvgIpc) is 2.15. The molecule has 0 saturated heterocycles. The Kier molecular flexibility index (Phi) is 7.12. The Labute approximate surface area is 79.0 Å². The van der Waals surface area contributed by atoms with Crippen LogP contribution in [0.25, 0.3) is 0 Å². The predicted octanol–water partition coefficient (Wildman–Crippen LogP) is -0.313. The van der Waals surface area contributed by atoms with Gasteiger partial charge < -0.3 is 20.4 Å². The number of ether oxygens (including phenoxy) is 1. The summed E-state index contributed by atoms with van der Waals surface area (Å²) in [6.07, 6.45) is -0.00433. The average molecular weight is 192 g/mol. The maximum atomic E-state index is 9.30. The smallest absolute Gasteiger partial charge is 0.173 e. The van der Waals surface area contributed by atoms with E-state index in [1.165, 1.54) is 7.11 Å². The molecule has 0 heterocycles. The van der Waals surface area contributed by atoms with Crippen molar-refractivity contribution in [2.75, 3.05) is 13.7 Å². The quantitative estimate of drug-likeness (QED) is 0.329. The van der Waals surface area contributed by atoms with Crippen LogP contribution in [0.15, 0.2) is 0 Å². The van der Waals surface area contributed by atoms with Crippen LogP contribution in [-0.4, -0.2) is 42.3 Å². The monoisotopic (exact) mass is 192 g/mol.